The average Bonchev–Trinajstić information content (AvgIpc) is 2.03. The first-order valence-electron chi connectivity index (χ1n) is 4.93. The van der Waals surface area contributed by atoms with Gasteiger partial charge in [-0.15, -0.1) is 0 Å². The lowest BCUT2D eigenvalue weighted by atomic mass is 9.88. The number of hydrogen-bond acceptors (Lipinski definition) is 2. The van der Waals surface area contributed by atoms with Crippen LogP contribution < -0.4 is 0 Å². The average molecular weight is 202 g/mol. The van der Waals surface area contributed by atoms with E-state index < -0.39 is 11.9 Å². The molecule has 0 saturated heterocycles. The molecule has 4 heteroatoms. The van der Waals surface area contributed by atoms with Crippen molar-refractivity contribution in [3.05, 3.63) is 0 Å². The molecule has 0 aliphatic rings. The van der Waals surface area contributed by atoms with E-state index in [0.717, 1.165) is 0 Å². The number of rotatable bonds is 7. The second-order valence-electron chi connectivity index (χ2n) is 3.62. The van der Waals surface area contributed by atoms with E-state index in [4.69, 9.17) is 10.2 Å². The molecule has 0 rings (SSSR count). The molecule has 0 aromatic rings. The molecule has 2 N–H and O–H groups in total. The van der Waals surface area contributed by atoms with E-state index in [1.165, 1.54) is 0 Å². The van der Waals surface area contributed by atoms with Gasteiger partial charge in [0, 0.05) is 6.42 Å². The van der Waals surface area contributed by atoms with E-state index in [9.17, 15) is 9.59 Å². The first-order chi connectivity index (χ1) is 6.49. The van der Waals surface area contributed by atoms with Gasteiger partial charge in [0.1, 0.15) is 0 Å². The van der Waals surface area contributed by atoms with Crippen molar-refractivity contribution in [2.24, 2.45) is 11.8 Å². The largest absolute Gasteiger partial charge is 0.481 e. The molecule has 0 heterocycles. The van der Waals surface area contributed by atoms with E-state index in [2.05, 4.69) is 0 Å². The van der Waals surface area contributed by atoms with Crippen LogP contribution in [0.4, 0.5) is 0 Å². The fourth-order valence-electron chi connectivity index (χ4n) is 1.60. The van der Waals surface area contributed by atoms with Gasteiger partial charge in [-0.2, -0.15) is 0 Å². The van der Waals surface area contributed by atoms with Gasteiger partial charge in [0.25, 0.3) is 0 Å². The molecule has 0 fully saturated rings. The van der Waals surface area contributed by atoms with Gasteiger partial charge >= 0.3 is 11.9 Å². The first kappa shape index (κ1) is 12.9. The lowest BCUT2D eigenvalue weighted by Crippen LogP contribution is -2.20. The molecule has 0 aliphatic heterocycles. The van der Waals surface area contributed by atoms with Crippen molar-refractivity contribution in [2.45, 2.75) is 39.5 Å². The van der Waals surface area contributed by atoms with Crippen LogP contribution in [-0.2, 0) is 9.59 Å². The van der Waals surface area contributed by atoms with Gasteiger partial charge in [0.05, 0.1) is 5.92 Å². The van der Waals surface area contributed by atoms with Crippen molar-refractivity contribution in [1.82, 2.24) is 0 Å². The highest BCUT2D eigenvalue weighted by molar-refractivity contribution is 5.70. The molecule has 14 heavy (non-hydrogen) atoms. The topological polar surface area (TPSA) is 74.6 Å². The van der Waals surface area contributed by atoms with E-state index in [0.29, 0.717) is 19.3 Å². The molecule has 0 saturated carbocycles. The Kier molecular flexibility index (Phi) is 5.92. The SMILES string of the molecule is CCC(C(=O)O)C(C)CCCC(=O)O. The summed E-state index contributed by atoms with van der Waals surface area (Å²) in [7, 11) is 0. The van der Waals surface area contributed by atoms with Crippen LogP contribution in [0.3, 0.4) is 0 Å². The third kappa shape index (κ3) is 4.84. The molecule has 0 aromatic heterocycles. The third-order valence-corrected chi connectivity index (χ3v) is 2.49. The van der Waals surface area contributed by atoms with Gasteiger partial charge < -0.3 is 10.2 Å². The van der Waals surface area contributed by atoms with E-state index >= 15 is 0 Å². The summed E-state index contributed by atoms with van der Waals surface area (Å²) in [5.41, 5.74) is 0. The van der Waals surface area contributed by atoms with Crippen molar-refractivity contribution in [3.8, 4) is 0 Å². The van der Waals surface area contributed by atoms with Crippen molar-refractivity contribution in [1.29, 1.82) is 0 Å². The highest BCUT2D eigenvalue weighted by atomic mass is 16.4. The monoisotopic (exact) mass is 202 g/mol. The molecule has 0 amide bonds. The van der Waals surface area contributed by atoms with Crippen LogP contribution in [0.1, 0.15) is 39.5 Å². The van der Waals surface area contributed by atoms with Crippen LogP contribution in [0.25, 0.3) is 0 Å². The van der Waals surface area contributed by atoms with Gasteiger partial charge in [-0.1, -0.05) is 13.8 Å². The molecular formula is C10H18O4. The highest BCUT2D eigenvalue weighted by Crippen LogP contribution is 2.21. The summed E-state index contributed by atoms with van der Waals surface area (Å²) in [5, 5.41) is 17.3. The zero-order chi connectivity index (χ0) is 11.1. The fourth-order valence-corrected chi connectivity index (χ4v) is 1.60. The second kappa shape index (κ2) is 6.40. The molecule has 82 valence electrons. The van der Waals surface area contributed by atoms with Crippen LogP contribution in [-0.4, -0.2) is 22.2 Å². The van der Waals surface area contributed by atoms with Gasteiger partial charge in [-0.3, -0.25) is 9.59 Å². The Morgan fingerprint density at radius 2 is 1.86 bits per heavy atom. The summed E-state index contributed by atoms with van der Waals surface area (Å²) in [6.45, 7) is 3.70. The van der Waals surface area contributed by atoms with Crippen LogP contribution >= 0.6 is 0 Å². The number of carbonyl (C=O) groups is 2. The smallest absolute Gasteiger partial charge is 0.306 e. The maximum atomic E-state index is 10.8. The van der Waals surface area contributed by atoms with Crippen LogP contribution in [0.15, 0.2) is 0 Å². The molecule has 0 bridgehead atoms. The zero-order valence-corrected chi connectivity index (χ0v) is 8.69. The van der Waals surface area contributed by atoms with Crippen LogP contribution in [0.2, 0.25) is 0 Å². The molecule has 4 nitrogen and oxygen atoms in total. The Hall–Kier alpha value is -1.06. The van der Waals surface area contributed by atoms with E-state index in [1.54, 1.807) is 0 Å². The van der Waals surface area contributed by atoms with Crippen LogP contribution in [0.5, 0.6) is 0 Å². The molecular weight excluding hydrogens is 184 g/mol. The quantitative estimate of drug-likeness (QED) is 0.662. The standard InChI is InChI=1S/C10H18O4/c1-3-8(10(13)14)7(2)5-4-6-9(11)12/h7-8H,3-6H2,1-2H3,(H,11,12)(H,13,14). The van der Waals surface area contributed by atoms with Crippen molar-refractivity contribution in [2.75, 3.05) is 0 Å². The van der Waals surface area contributed by atoms with Gasteiger partial charge in [0.15, 0.2) is 0 Å². The summed E-state index contributed by atoms with van der Waals surface area (Å²) < 4.78 is 0. The van der Waals surface area contributed by atoms with Crippen molar-refractivity contribution < 1.29 is 19.8 Å². The van der Waals surface area contributed by atoms with Gasteiger partial charge in [-0.05, 0) is 25.2 Å². The molecule has 0 spiro atoms. The summed E-state index contributed by atoms with van der Waals surface area (Å²) in [5.74, 6) is -1.89. The predicted octanol–water partition coefficient (Wildman–Crippen LogP) is 1.99. The van der Waals surface area contributed by atoms with Crippen molar-refractivity contribution >= 4 is 11.9 Å². The van der Waals surface area contributed by atoms with Crippen LogP contribution in [0, 0.1) is 11.8 Å². The number of aliphatic carboxylic acids is 2. The Bertz CT molecular complexity index is 200. The Morgan fingerprint density at radius 3 is 2.21 bits per heavy atom. The zero-order valence-electron chi connectivity index (χ0n) is 8.69. The number of carboxylic acids is 2. The van der Waals surface area contributed by atoms with Gasteiger partial charge in [0.2, 0.25) is 0 Å². The summed E-state index contributed by atoms with van der Waals surface area (Å²) in [6, 6.07) is 0. The highest BCUT2D eigenvalue weighted by Gasteiger charge is 2.22. The molecule has 0 aliphatic carbocycles. The minimum absolute atomic E-state index is 0.0526. The Morgan fingerprint density at radius 1 is 1.29 bits per heavy atom. The predicted molar refractivity (Wildman–Crippen MR) is 52.1 cm³/mol. The summed E-state index contributed by atoms with van der Waals surface area (Å²) >= 11 is 0. The summed E-state index contributed by atoms with van der Waals surface area (Å²) in [6.07, 6.45) is 1.95. The lowest BCUT2D eigenvalue weighted by Gasteiger charge is -2.17. The molecule has 2 unspecified atom stereocenters. The molecule has 0 aromatic carbocycles. The van der Waals surface area contributed by atoms with E-state index in [-0.39, 0.29) is 18.3 Å². The fraction of sp³-hybridized carbons (Fsp3) is 0.800. The molecule has 0 radical (unpaired) electrons. The lowest BCUT2D eigenvalue weighted by molar-refractivity contribution is -0.143. The second-order valence-corrected chi connectivity index (χ2v) is 3.62. The van der Waals surface area contributed by atoms with Gasteiger partial charge in [-0.25, -0.2) is 0 Å². The number of hydrogen-bond donors (Lipinski definition) is 2. The summed E-state index contributed by atoms with van der Waals surface area (Å²) in [4.78, 5) is 21.0. The third-order valence-electron chi connectivity index (χ3n) is 2.49. The Labute approximate surface area is 83.9 Å². The minimum atomic E-state index is -0.819. The first-order valence-corrected chi connectivity index (χ1v) is 4.93. The van der Waals surface area contributed by atoms with E-state index in [1.807, 2.05) is 13.8 Å². The maximum Gasteiger partial charge on any atom is 0.306 e. The molecule has 2 atom stereocenters. The maximum absolute atomic E-state index is 10.8. The van der Waals surface area contributed by atoms with Crippen molar-refractivity contribution in [3.63, 3.8) is 0 Å². The number of carboxylic acid groups (broad SMARTS) is 2. The minimum Gasteiger partial charge on any atom is -0.481 e. The normalized spacial score (nSPS) is 14.7. The Balaban J connectivity index is 3.86.